The van der Waals surface area contributed by atoms with E-state index < -0.39 is 0 Å². The number of thiazole rings is 1. The summed E-state index contributed by atoms with van der Waals surface area (Å²) in [6.45, 7) is 0.964. The molecule has 84 valence electrons. The summed E-state index contributed by atoms with van der Waals surface area (Å²) < 4.78 is 1.15. The third-order valence-corrected chi connectivity index (χ3v) is 5.50. The minimum absolute atomic E-state index is 0.763. The van der Waals surface area contributed by atoms with E-state index in [1.165, 1.54) is 22.6 Å². The maximum Gasteiger partial charge on any atom is 0.134 e. The molecule has 0 atom stereocenters. The monoisotopic (exact) mass is 314 g/mol. The summed E-state index contributed by atoms with van der Waals surface area (Å²) in [7, 11) is 0. The fraction of sp³-hybridized carbons (Fsp3) is 0.364. The van der Waals surface area contributed by atoms with E-state index in [0.29, 0.717) is 0 Å². The van der Waals surface area contributed by atoms with Crippen LogP contribution in [-0.4, -0.2) is 11.0 Å². The maximum atomic E-state index is 4.48. The molecule has 1 aliphatic carbocycles. The number of aromatic nitrogens is 1. The van der Waals surface area contributed by atoms with Crippen molar-refractivity contribution in [2.24, 2.45) is 0 Å². The molecule has 2 heterocycles. The Morgan fingerprint density at radius 3 is 3.06 bits per heavy atom. The van der Waals surface area contributed by atoms with Crippen LogP contribution in [-0.2, 0) is 6.54 Å². The van der Waals surface area contributed by atoms with Gasteiger partial charge in [-0.3, -0.25) is 0 Å². The van der Waals surface area contributed by atoms with Gasteiger partial charge in [0.1, 0.15) is 5.01 Å². The number of nitrogens with one attached hydrogen (secondary N) is 1. The van der Waals surface area contributed by atoms with Crippen LogP contribution in [0.4, 0.5) is 0 Å². The molecule has 1 fully saturated rings. The Bertz CT molecular complexity index is 488. The Morgan fingerprint density at radius 1 is 1.50 bits per heavy atom. The summed E-state index contributed by atoms with van der Waals surface area (Å²) in [6.07, 6.45) is 4.66. The minimum atomic E-state index is 0.763. The first-order chi connectivity index (χ1) is 7.83. The average molecular weight is 315 g/mol. The normalized spacial score (nSPS) is 15.6. The first-order valence-electron chi connectivity index (χ1n) is 5.24. The second kappa shape index (κ2) is 4.56. The quantitative estimate of drug-likeness (QED) is 0.926. The predicted octanol–water partition coefficient (Wildman–Crippen LogP) is 3.89. The van der Waals surface area contributed by atoms with Gasteiger partial charge in [0, 0.05) is 28.1 Å². The first-order valence-corrected chi connectivity index (χ1v) is 7.73. The highest BCUT2D eigenvalue weighted by molar-refractivity contribution is 9.10. The molecule has 0 spiro atoms. The lowest BCUT2D eigenvalue weighted by molar-refractivity contribution is 0.694. The lowest BCUT2D eigenvalue weighted by Gasteiger charge is -1.97. The summed E-state index contributed by atoms with van der Waals surface area (Å²) in [4.78, 5) is 7.04. The van der Waals surface area contributed by atoms with Crippen LogP contribution in [0.1, 0.15) is 17.7 Å². The van der Waals surface area contributed by atoms with Crippen LogP contribution in [0.15, 0.2) is 22.1 Å². The summed E-state index contributed by atoms with van der Waals surface area (Å²) in [5.41, 5.74) is 0. The number of halogens is 1. The first kappa shape index (κ1) is 10.9. The van der Waals surface area contributed by atoms with E-state index >= 15 is 0 Å². The molecule has 1 saturated carbocycles. The molecule has 2 aromatic rings. The van der Waals surface area contributed by atoms with Crippen molar-refractivity contribution >= 4 is 38.6 Å². The van der Waals surface area contributed by atoms with E-state index in [9.17, 15) is 0 Å². The van der Waals surface area contributed by atoms with Crippen molar-refractivity contribution in [1.29, 1.82) is 0 Å². The number of hydrogen-bond donors (Lipinski definition) is 1. The fourth-order valence-electron chi connectivity index (χ4n) is 1.47. The molecule has 2 nitrogen and oxygen atoms in total. The highest BCUT2D eigenvalue weighted by Gasteiger charge is 2.20. The van der Waals surface area contributed by atoms with E-state index in [1.807, 2.05) is 6.20 Å². The Morgan fingerprint density at radius 2 is 2.38 bits per heavy atom. The molecule has 0 saturated heterocycles. The summed E-state index contributed by atoms with van der Waals surface area (Å²) >= 11 is 7.06. The summed E-state index contributed by atoms with van der Waals surface area (Å²) in [5.74, 6) is 0. The minimum Gasteiger partial charge on any atom is -0.309 e. The number of rotatable bonds is 4. The third kappa shape index (κ3) is 2.37. The van der Waals surface area contributed by atoms with Gasteiger partial charge in [-0.25, -0.2) is 4.98 Å². The Hall–Kier alpha value is -0.230. The fourth-order valence-corrected chi connectivity index (χ4v) is 4.14. The molecule has 1 aliphatic rings. The molecule has 0 aliphatic heterocycles. The lowest BCUT2D eigenvalue weighted by atomic mass is 10.5. The van der Waals surface area contributed by atoms with Gasteiger partial charge in [0.15, 0.2) is 0 Å². The van der Waals surface area contributed by atoms with Crippen molar-refractivity contribution in [1.82, 2.24) is 10.3 Å². The molecule has 2 aromatic heterocycles. The van der Waals surface area contributed by atoms with Gasteiger partial charge in [-0.2, -0.15) is 0 Å². The van der Waals surface area contributed by atoms with Crippen LogP contribution in [0, 0.1) is 0 Å². The zero-order valence-electron chi connectivity index (χ0n) is 8.57. The number of hydrogen-bond acceptors (Lipinski definition) is 4. The van der Waals surface area contributed by atoms with E-state index in [2.05, 4.69) is 37.7 Å². The van der Waals surface area contributed by atoms with Crippen LogP contribution >= 0.6 is 38.6 Å². The van der Waals surface area contributed by atoms with Crippen molar-refractivity contribution < 1.29 is 0 Å². The topological polar surface area (TPSA) is 24.9 Å². The zero-order chi connectivity index (χ0) is 11.0. The Kier molecular flexibility index (Phi) is 3.11. The molecule has 0 aromatic carbocycles. The molecule has 16 heavy (non-hydrogen) atoms. The van der Waals surface area contributed by atoms with Gasteiger partial charge in [0.05, 0.1) is 4.88 Å². The lowest BCUT2D eigenvalue weighted by Crippen LogP contribution is -2.14. The standard InChI is InChI=1S/C11H11BrN2S2/c12-9-3-4-15-10(9)11-14-6-8(16-11)5-13-7-1-2-7/h3-4,6-7,13H,1-2,5H2. The molecule has 0 amide bonds. The highest BCUT2D eigenvalue weighted by Crippen LogP contribution is 2.35. The summed E-state index contributed by atoms with van der Waals surface area (Å²) in [5, 5.41) is 6.71. The van der Waals surface area contributed by atoms with Crippen LogP contribution in [0.2, 0.25) is 0 Å². The molecular weight excluding hydrogens is 304 g/mol. The van der Waals surface area contributed by atoms with Crippen molar-refractivity contribution in [3.05, 3.63) is 27.0 Å². The average Bonchev–Trinajstić information content (AvgIpc) is 2.82. The SMILES string of the molecule is Brc1ccsc1-c1ncc(CNC2CC2)s1. The van der Waals surface area contributed by atoms with Crippen LogP contribution in [0.5, 0.6) is 0 Å². The van der Waals surface area contributed by atoms with Gasteiger partial charge in [-0.05, 0) is 40.2 Å². The molecular formula is C11H11BrN2S2. The highest BCUT2D eigenvalue weighted by atomic mass is 79.9. The molecule has 0 radical (unpaired) electrons. The Labute approximate surface area is 111 Å². The van der Waals surface area contributed by atoms with E-state index in [1.54, 1.807) is 22.7 Å². The van der Waals surface area contributed by atoms with Gasteiger partial charge < -0.3 is 5.32 Å². The molecule has 0 bridgehead atoms. The molecule has 1 N–H and O–H groups in total. The summed E-state index contributed by atoms with van der Waals surface area (Å²) in [6, 6.07) is 2.84. The molecule has 3 rings (SSSR count). The number of nitrogens with zero attached hydrogens (tertiary/aromatic N) is 1. The van der Waals surface area contributed by atoms with E-state index in [0.717, 1.165) is 22.1 Å². The van der Waals surface area contributed by atoms with Crippen molar-refractivity contribution in [2.75, 3.05) is 0 Å². The second-order valence-electron chi connectivity index (χ2n) is 3.88. The van der Waals surface area contributed by atoms with Crippen LogP contribution in [0.25, 0.3) is 9.88 Å². The van der Waals surface area contributed by atoms with E-state index in [4.69, 9.17) is 0 Å². The largest absolute Gasteiger partial charge is 0.309 e. The molecule has 0 unspecified atom stereocenters. The van der Waals surface area contributed by atoms with Crippen LogP contribution in [0.3, 0.4) is 0 Å². The number of thiophene rings is 1. The van der Waals surface area contributed by atoms with Crippen molar-refractivity contribution in [3.63, 3.8) is 0 Å². The van der Waals surface area contributed by atoms with Crippen LogP contribution < -0.4 is 5.32 Å². The van der Waals surface area contributed by atoms with E-state index in [-0.39, 0.29) is 0 Å². The van der Waals surface area contributed by atoms with Gasteiger partial charge in [-0.15, -0.1) is 22.7 Å². The van der Waals surface area contributed by atoms with Gasteiger partial charge in [0.25, 0.3) is 0 Å². The third-order valence-electron chi connectivity index (χ3n) is 2.51. The van der Waals surface area contributed by atoms with Gasteiger partial charge in [-0.1, -0.05) is 0 Å². The van der Waals surface area contributed by atoms with Crippen molar-refractivity contribution in [2.45, 2.75) is 25.4 Å². The zero-order valence-corrected chi connectivity index (χ0v) is 11.8. The van der Waals surface area contributed by atoms with Gasteiger partial charge >= 0.3 is 0 Å². The smallest absolute Gasteiger partial charge is 0.134 e. The Balaban J connectivity index is 1.74. The second-order valence-corrected chi connectivity index (χ2v) is 6.77. The van der Waals surface area contributed by atoms with Crippen molar-refractivity contribution in [3.8, 4) is 9.88 Å². The maximum absolute atomic E-state index is 4.48. The predicted molar refractivity (Wildman–Crippen MR) is 73.0 cm³/mol. The van der Waals surface area contributed by atoms with Gasteiger partial charge in [0.2, 0.25) is 0 Å². The molecule has 5 heteroatoms.